The third-order valence-electron chi connectivity index (χ3n) is 7.78. The number of hydrogen-bond acceptors (Lipinski definition) is 4. The molecule has 2 amide bonds. The summed E-state index contributed by atoms with van der Waals surface area (Å²) in [5.41, 5.74) is 2.66. The molecule has 0 spiro atoms. The highest BCUT2D eigenvalue weighted by molar-refractivity contribution is 5.91. The molecule has 3 aliphatic rings. The minimum Gasteiger partial charge on any atom is -0.481 e. The van der Waals surface area contributed by atoms with Crippen molar-refractivity contribution in [3.63, 3.8) is 0 Å². The minimum absolute atomic E-state index is 0.00584. The second kappa shape index (κ2) is 9.60. The number of carbonyl (C=O) groups is 3. The fourth-order valence-electron chi connectivity index (χ4n) is 6.21. The second-order valence-electron chi connectivity index (χ2n) is 11.1. The number of carboxylic acid groups (broad SMARTS) is 1. The van der Waals surface area contributed by atoms with Gasteiger partial charge in [0.25, 0.3) is 0 Å². The van der Waals surface area contributed by atoms with Crippen LogP contribution in [0.2, 0.25) is 0 Å². The molecular formula is C29H34N2O5. The van der Waals surface area contributed by atoms with Gasteiger partial charge >= 0.3 is 12.1 Å². The lowest BCUT2D eigenvalue weighted by molar-refractivity contribution is -0.142. The molecule has 0 unspecified atom stereocenters. The molecule has 7 nitrogen and oxygen atoms in total. The van der Waals surface area contributed by atoms with Crippen molar-refractivity contribution < 1.29 is 24.2 Å². The molecule has 1 aliphatic heterocycles. The molecule has 2 aliphatic carbocycles. The summed E-state index contributed by atoms with van der Waals surface area (Å²) >= 11 is 0. The number of benzene rings is 2. The lowest BCUT2D eigenvalue weighted by atomic mass is 9.80. The Morgan fingerprint density at radius 3 is 2.39 bits per heavy atom. The molecule has 5 rings (SSSR count). The van der Waals surface area contributed by atoms with Crippen LogP contribution in [0.4, 0.5) is 10.5 Å². The Bertz CT molecular complexity index is 1140. The topological polar surface area (TPSA) is 87.2 Å². The fourth-order valence-corrected chi connectivity index (χ4v) is 6.21. The van der Waals surface area contributed by atoms with Gasteiger partial charge in [-0.3, -0.25) is 14.5 Å². The van der Waals surface area contributed by atoms with Crippen molar-refractivity contribution >= 4 is 23.7 Å². The average Bonchev–Trinajstić information content (AvgIpc) is 3.63. The summed E-state index contributed by atoms with van der Waals surface area (Å²) in [7, 11) is 0. The van der Waals surface area contributed by atoms with Gasteiger partial charge in [-0.2, -0.15) is 0 Å². The van der Waals surface area contributed by atoms with Crippen LogP contribution in [0, 0.1) is 11.3 Å². The largest absolute Gasteiger partial charge is 0.481 e. The van der Waals surface area contributed by atoms with Gasteiger partial charge in [0, 0.05) is 24.4 Å². The van der Waals surface area contributed by atoms with E-state index in [4.69, 9.17) is 4.74 Å². The minimum atomic E-state index is -0.963. The zero-order valence-corrected chi connectivity index (χ0v) is 20.9. The smallest absolute Gasteiger partial charge is 0.414 e. The first kappa shape index (κ1) is 24.3. The highest BCUT2D eigenvalue weighted by Crippen LogP contribution is 2.57. The van der Waals surface area contributed by atoms with E-state index < -0.39 is 5.97 Å². The molecule has 0 saturated heterocycles. The van der Waals surface area contributed by atoms with E-state index in [0.29, 0.717) is 0 Å². The number of para-hydroxylation sites is 1. The van der Waals surface area contributed by atoms with Crippen LogP contribution in [-0.4, -0.2) is 40.1 Å². The number of fused-ring (bicyclic) bond motifs is 2. The zero-order valence-electron chi connectivity index (χ0n) is 20.9. The van der Waals surface area contributed by atoms with Crippen molar-refractivity contribution in [3.05, 3.63) is 65.7 Å². The van der Waals surface area contributed by atoms with Crippen molar-refractivity contribution in [3.8, 4) is 0 Å². The Morgan fingerprint density at radius 1 is 1.00 bits per heavy atom. The Balaban J connectivity index is 1.50. The number of hydrogen-bond donors (Lipinski definition) is 1. The molecule has 7 heteroatoms. The van der Waals surface area contributed by atoms with Crippen molar-refractivity contribution in [2.45, 2.75) is 77.1 Å². The summed E-state index contributed by atoms with van der Waals surface area (Å²) in [5.74, 6) is -1.02. The molecule has 3 atom stereocenters. The van der Waals surface area contributed by atoms with E-state index in [0.717, 1.165) is 42.5 Å². The van der Waals surface area contributed by atoms with Gasteiger partial charge in [-0.15, -0.1) is 0 Å². The molecule has 0 aromatic heterocycles. The molecule has 2 aromatic rings. The normalized spacial score (nSPS) is 23.9. The molecule has 1 heterocycles. The molecule has 2 fully saturated rings. The molecular weight excluding hydrogens is 456 g/mol. The molecule has 1 N–H and O–H groups in total. The van der Waals surface area contributed by atoms with E-state index >= 15 is 0 Å². The SMILES string of the molecule is CC1(C)C[C@H]2[C@@H](C1)N(C(=O)OCc1ccccc1)c1ccccc1[C@@H]2N(C(=O)CCC(=O)O)C1CC1. The van der Waals surface area contributed by atoms with Gasteiger partial charge in [-0.05, 0) is 48.3 Å². The highest BCUT2D eigenvalue weighted by Gasteiger charge is 2.55. The predicted molar refractivity (Wildman–Crippen MR) is 135 cm³/mol. The second-order valence-corrected chi connectivity index (χ2v) is 11.1. The summed E-state index contributed by atoms with van der Waals surface area (Å²) in [6.07, 6.45) is 3.00. The summed E-state index contributed by atoms with van der Waals surface area (Å²) in [5, 5.41) is 9.19. The number of ether oxygens (including phenoxy) is 1. The predicted octanol–water partition coefficient (Wildman–Crippen LogP) is 5.55. The fraction of sp³-hybridized carbons (Fsp3) is 0.483. The first-order valence-corrected chi connectivity index (χ1v) is 12.9. The van der Waals surface area contributed by atoms with Crippen LogP contribution in [-0.2, 0) is 20.9 Å². The Morgan fingerprint density at radius 2 is 1.69 bits per heavy atom. The van der Waals surface area contributed by atoms with Crippen LogP contribution in [0.3, 0.4) is 0 Å². The van der Waals surface area contributed by atoms with Crippen LogP contribution >= 0.6 is 0 Å². The van der Waals surface area contributed by atoms with Crippen LogP contribution in [0.1, 0.15) is 69.5 Å². The van der Waals surface area contributed by atoms with E-state index in [2.05, 4.69) is 13.8 Å². The van der Waals surface area contributed by atoms with E-state index in [1.807, 2.05) is 64.4 Å². The van der Waals surface area contributed by atoms with E-state index in [-0.39, 0.29) is 60.9 Å². The maximum atomic E-state index is 13.6. The number of aliphatic carboxylic acids is 1. The van der Waals surface area contributed by atoms with E-state index in [1.54, 1.807) is 0 Å². The van der Waals surface area contributed by atoms with Gasteiger partial charge in [0.05, 0.1) is 18.2 Å². The number of nitrogens with zero attached hydrogens (tertiary/aromatic N) is 2. The number of rotatable bonds is 7. The number of carbonyl (C=O) groups excluding carboxylic acids is 2. The van der Waals surface area contributed by atoms with E-state index in [9.17, 15) is 19.5 Å². The summed E-state index contributed by atoms with van der Waals surface area (Å²) < 4.78 is 5.81. The van der Waals surface area contributed by atoms with Crippen LogP contribution in [0.5, 0.6) is 0 Å². The van der Waals surface area contributed by atoms with Gasteiger partial charge < -0.3 is 14.7 Å². The van der Waals surface area contributed by atoms with Crippen molar-refractivity contribution in [2.24, 2.45) is 11.3 Å². The maximum absolute atomic E-state index is 13.6. The van der Waals surface area contributed by atoms with Gasteiger partial charge in [-0.1, -0.05) is 62.4 Å². The Kier molecular flexibility index (Phi) is 6.49. The lowest BCUT2D eigenvalue weighted by Crippen LogP contribution is -2.53. The number of amides is 2. The van der Waals surface area contributed by atoms with E-state index in [1.165, 1.54) is 0 Å². The molecule has 2 aromatic carbocycles. The monoisotopic (exact) mass is 490 g/mol. The molecule has 0 radical (unpaired) electrons. The summed E-state index contributed by atoms with van der Waals surface area (Å²) in [6.45, 7) is 4.63. The van der Waals surface area contributed by atoms with Gasteiger partial charge in [0.1, 0.15) is 6.61 Å². The van der Waals surface area contributed by atoms with Crippen molar-refractivity contribution in [2.75, 3.05) is 4.90 Å². The third-order valence-corrected chi connectivity index (χ3v) is 7.78. The van der Waals surface area contributed by atoms with Gasteiger partial charge in [0.15, 0.2) is 0 Å². The van der Waals surface area contributed by atoms with Gasteiger partial charge in [0.2, 0.25) is 5.91 Å². The number of anilines is 1. The zero-order chi connectivity index (χ0) is 25.4. The summed E-state index contributed by atoms with van der Waals surface area (Å²) in [4.78, 5) is 42.0. The first-order valence-electron chi connectivity index (χ1n) is 12.9. The standard InChI is InChI=1S/C29H34N2O5/c1-29(2)16-22-24(17-29)31(28(35)36-18-19-8-4-3-5-9-19)23-11-7-6-10-21(23)27(22)30(20-12-13-20)25(32)14-15-26(33)34/h3-11,20,22,24,27H,12-18H2,1-2H3,(H,33,34)/t22-,24+,27-/m0/s1. The van der Waals surface area contributed by atoms with Crippen LogP contribution in [0.15, 0.2) is 54.6 Å². The average molecular weight is 491 g/mol. The van der Waals surface area contributed by atoms with Crippen molar-refractivity contribution in [1.29, 1.82) is 0 Å². The van der Waals surface area contributed by atoms with Crippen LogP contribution in [0.25, 0.3) is 0 Å². The first-order chi connectivity index (χ1) is 17.2. The quantitative estimate of drug-likeness (QED) is 0.550. The van der Waals surface area contributed by atoms with Crippen LogP contribution < -0.4 is 4.90 Å². The van der Waals surface area contributed by atoms with Crippen molar-refractivity contribution in [1.82, 2.24) is 4.90 Å². The summed E-state index contributed by atoms with van der Waals surface area (Å²) in [6, 6.07) is 17.3. The number of carboxylic acids is 1. The molecule has 2 saturated carbocycles. The third kappa shape index (κ3) is 4.84. The van der Waals surface area contributed by atoms with Gasteiger partial charge in [-0.25, -0.2) is 4.79 Å². The Labute approximate surface area is 212 Å². The highest BCUT2D eigenvalue weighted by atomic mass is 16.6. The lowest BCUT2D eigenvalue weighted by Gasteiger charge is -2.47. The molecule has 190 valence electrons. The molecule has 0 bridgehead atoms. The maximum Gasteiger partial charge on any atom is 0.414 e. The Hall–Kier alpha value is -3.35. The molecule has 36 heavy (non-hydrogen) atoms.